The molecular formula is C16H16BrCl2NS. The number of thioether (sulfide) groups is 1. The monoisotopic (exact) mass is 403 g/mol. The Labute approximate surface area is 148 Å². The summed E-state index contributed by atoms with van der Waals surface area (Å²) >= 11 is 17.6. The van der Waals surface area contributed by atoms with Crippen LogP contribution in [0.5, 0.6) is 0 Å². The highest BCUT2D eigenvalue weighted by atomic mass is 79.9. The average molecular weight is 405 g/mol. The first-order valence-electron chi connectivity index (χ1n) is 6.58. The van der Waals surface area contributed by atoms with Gasteiger partial charge in [-0.3, -0.25) is 0 Å². The van der Waals surface area contributed by atoms with E-state index in [1.54, 1.807) is 0 Å². The molecule has 5 heteroatoms. The summed E-state index contributed by atoms with van der Waals surface area (Å²) in [6, 6.07) is 14.5. The molecule has 0 saturated heterocycles. The van der Waals surface area contributed by atoms with Crippen molar-refractivity contribution in [2.45, 2.75) is 17.4 Å². The number of halogens is 3. The molecule has 0 heterocycles. The van der Waals surface area contributed by atoms with Crippen LogP contribution < -0.4 is 5.32 Å². The Bertz CT molecular complexity index is 589. The lowest BCUT2D eigenvalue weighted by molar-refractivity contribution is 0.617. The SMILES string of the molecule is CNC(CSc1ccc(Br)cc1)Cc1cccc(Cl)c1Cl. The maximum Gasteiger partial charge on any atom is 0.0624 e. The minimum atomic E-state index is 0.342. The van der Waals surface area contributed by atoms with Crippen molar-refractivity contribution < 1.29 is 0 Å². The maximum absolute atomic E-state index is 6.26. The van der Waals surface area contributed by atoms with Gasteiger partial charge in [0, 0.05) is 21.2 Å². The molecule has 0 bridgehead atoms. The van der Waals surface area contributed by atoms with E-state index in [0.717, 1.165) is 22.2 Å². The van der Waals surface area contributed by atoms with E-state index in [1.807, 2.05) is 37.0 Å². The van der Waals surface area contributed by atoms with Crippen LogP contribution in [-0.2, 0) is 6.42 Å². The van der Waals surface area contributed by atoms with E-state index >= 15 is 0 Å². The summed E-state index contributed by atoms with van der Waals surface area (Å²) in [6.45, 7) is 0. The van der Waals surface area contributed by atoms with Gasteiger partial charge in [0.05, 0.1) is 10.0 Å². The van der Waals surface area contributed by atoms with E-state index in [9.17, 15) is 0 Å². The van der Waals surface area contributed by atoms with Crippen LogP contribution in [0, 0.1) is 0 Å². The molecule has 21 heavy (non-hydrogen) atoms. The topological polar surface area (TPSA) is 12.0 Å². The van der Waals surface area contributed by atoms with Crippen LogP contribution in [0.15, 0.2) is 51.8 Å². The Morgan fingerprint density at radius 3 is 2.52 bits per heavy atom. The fourth-order valence-corrected chi connectivity index (χ4v) is 3.61. The van der Waals surface area contributed by atoms with Gasteiger partial charge in [0.1, 0.15) is 0 Å². The Kier molecular flexibility index (Phi) is 6.90. The summed E-state index contributed by atoms with van der Waals surface area (Å²) in [5.41, 5.74) is 1.08. The van der Waals surface area contributed by atoms with Crippen molar-refractivity contribution in [1.82, 2.24) is 5.32 Å². The molecular weight excluding hydrogens is 389 g/mol. The van der Waals surface area contributed by atoms with Crippen molar-refractivity contribution >= 4 is 50.9 Å². The van der Waals surface area contributed by atoms with Crippen LogP contribution in [0.3, 0.4) is 0 Å². The molecule has 0 saturated carbocycles. The van der Waals surface area contributed by atoms with Gasteiger partial charge >= 0.3 is 0 Å². The lowest BCUT2D eigenvalue weighted by Gasteiger charge is -2.17. The van der Waals surface area contributed by atoms with Crippen LogP contribution in [0.1, 0.15) is 5.56 Å². The van der Waals surface area contributed by atoms with Crippen molar-refractivity contribution in [2.75, 3.05) is 12.8 Å². The van der Waals surface area contributed by atoms with E-state index in [4.69, 9.17) is 23.2 Å². The zero-order valence-corrected chi connectivity index (χ0v) is 15.5. The third-order valence-corrected chi connectivity index (χ3v) is 5.73. The third-order valence-electron chi connectivity index (χ3n) is 3.17. The molecule has 1 atom stereocenters. The van der Waals surface area contributed by atoms with E-state index in [2.05, 4.69) is 45.5 Å². The average Bonchev–Trinajstić information content (AvgIpc) is 2.49. The summed E-state index contributed by atoms with van der Waals surface area (Å²) < 4.78 is 1.10. The van der Waals surface area contributed by atoms with Crippen molar-refractivity contribution in [1.29, 1.82) is 0 Å². The second-order valence-corrected chi connectivity index (χ2v) is 7.46. The minimum Gasteiger partial charge on any atom is -0.316 e. The normalized spacial score (nSPS) is 12.4. The number of likely N-dealkylation sites (N-methyl/N-ethyl adjacent to an activating group) is 1. The molecule has 1 nitrogen and oxygen atoms in total. The summed E-state index contributed by atoms with van der Waals surface area (Å²) in [5, 5.41) is 4.62. The number of nitrogens with one attached hydrogen (secondary N) is 1. The van der Waals surface area contributed by atoms with Gasteiger partial charge in [-0.15, -0.1) is 11.8 Å². The molecule has 0 fully saturated rings. The van der Waals surface area contributed by atoms with Crippen LogP contribution in [0.2, 0.25) is 10.0 Å². The molecule has 0 aliphatic heterocycles. The number of hydrogen-bond donors (Lipinski definition) is 1. The second kappa shape index (κ2) is 8.44. The quantitative estimate of drug-likeness (QED) is 0.621. The number of hydrogen-bond acceptors (Lipinski definition) is 2. The Morgan fingerprint density at radius 1 is 1.14 bits per heavy atom. The van der Waals surface area contributed by atoms with Gasteiger partial charge in [0.25, 0.3) is 0 Å². The van der Waals surface area contributed by atoms with Crippen LogP contribution in [-0.4, -0.2) is 18.8 Å². The largest absolute Gasteiger partial charge is 0.316 e. The zero-order valence-electron chi connectivity index (χ0n) is 11.6. The predicted octanol–water partition coefficient (Wildman–Crippen LogP) is 5.68. The van der Waals surface area contributed by atoms with Gasteiger partial charge in [0.15, 0.2) is 0 Å². The van der Waals surface area contributed by atoms with Gasteiger partial charge in [-0.25, -0.2) is 0 Å². The molecule has 2 rings (SSSR count). The van der Waals surface area contributed by atoms with Crippen LogP contribution in [0.4, 0.5) is 0 Å². The molecule has 0 amide bonds. The minimum absolute atomic E-state index is 0.342. The highest BCUT2D eigenvalue weighted by Gasteiger charge is 2.12. The molecule has 0 aliphatic rings. The van der Waals surface area contributed by atoms with Crippen LogP contribution in [0.25, 0.3) is 0 Å². The highest BCUT2D eigenvalue weighted by Crippen LogP contribution is 2.27. The third kappa shape index (κ3) is 5.19. The van der Waals surface area contributed by atoms with E-state index < -0.39 is 0 Å². The predicted molar refractivity (Wildman–Crippen MR) is 97.9 cm³/mol. The molecule has 1 unspecified atom stereocenters. The lowest BCUT2D eigenvalue weighted by atomic mass is 10.1. The van der Waals surface area contributed by atoms with E-state index in [-0.39, 0.29) is 0 Å². The van der Waals surface area contributed by atoms with Gasteiger partial charge in [-0.05, 0) is 49.4 Å². The van der Waals surface area contributed by atoms with Gasteiger partial charge in [0.2, 0.25) is 0 Å². The van der Waals surface area contributed by atoms with Crippen LogP contribution >= 0.6 is 50.9 Å². The van der Waals surface area contributed by atoms with E-state index in [0.29, 0.717) is 16.1 Å². The summed E-state index contributed by atoms with van der Waals surface area (Å²) in [6.07, 6.45) is 0.861. The first-order valence-corrected chi connectivity index (χ1v) is 9.12. The highest BCUT2D eigenvalue weighted by molar-refractivity contribution is 9.10. The molecule has 2 aromatic rings. The summed E-state index contributed by atoms with van der Waals surface area (Å²) in [4.78, 5) is 1.26. The molecule has 0 radical (unpaired) electrons. The van der Waals surface area contributed by atoms with Gasteiger partial charge in [-0.2, -0.15) is 0 Å². The zero-order chi connectivity index (χ0) is 15.2. The molecule has 0 aromatic heterocycles. The Balaban J connectivity index is 1.97. The standard InChI is InChI=1S/C16H16BrCl2NS/c1-20-13(9-11-3-2-4-15(18)16(11)19)10-21-14-7-5-12(17)6-8-14/h2-8,13,20H,9-10H2,1H3. The number of rotatable bonds is 6. The molecule has 1 N–H and O–H groups in total. The number of benzene rings is 2. The Hall–Kier alpha value is -0.190. The molecule has 112 valence electrons. The summed E-state index contributed by atoms with van der Waals surface area (Å²) in [5.74, 6) is 0.973. The maximum atomic E-state index is 6.26. The van der Waals surface area contributed by atoms with Crippen molar-refractivity contribution in [2.24, 2.45) is 0 Å². The fourth-order valence-electron chi connectivity index (χ4n) is 1.94. The van der Waals surface area contributed by atoms with Gasteiger partial charge < -0.3 is 5.32 Å². The van der Waals surface area contributed by atoms with Gasteiger partial charge in [-0.1, -0.05) is 51.3 Å². The molecule has 0 aliphatic carbocycles. The fraction of sp³-hybridized carbons (Fsp3) is 0.250. The van der Waals surface area contributed by atoms with Crippen molar-refractivity contribution in [3.05, 3.63) is 62.5 Å². The van der Waals surface area contributed by atoms with Crippen molar-refractivity contribution in [3.63, 3.8) is 0 Å². The first kappa shape index (κ1) is 17.2. The molecule has 0 spiro atoms. The Morgan fingerprint density at radius 2 is 1.86 bits per heavy atom. The van der Waals surface area contributed by atoms with E-state index in [1.165, 1.54) is 4.90 Å². The second-order valence-electron chi connectivity index (χ2n) is 4.67. The van der Waals surface area contributed by atoms with Crippen molar-refractivity contribution in [3.8, 4) is 0 Å². The molecule has 2 aromatic carbocycles. The summed E-state index contributed by atoms with van der Waals surface area (Å²) in [7, 11) is 1.98. The lowest BCUT2D eigenvalue weighted by Crippen LogP contribution is -2.30. The smallest absolute Gasteiger partial charge is 0.0624 e. The first-order chi connectivity index (χ1) is 10.1.